The molecule has 1 aliphatic rings. The molecule has 32 heavy (non-hydrogen) atoms. The van der Waals surface area contributed by atoms with Crippen molar-refractivity contribution in [2.75, 3.05) is 18.5 Å². The summed E-state index contributed by atoms with van der Waals surface area (Å²) in [5.74, 6) is -1.63. The van der Waals surface area contributed by atoms with Crippen molar-refractivity contribution >= 4 is 60.7 Å². The lowest BCUT2D eigenvalue weighted by Gasteiger charge is -2.28. The molecule has 0 unspecified atom stereocenters. The lowest BCUT2D eigenvalue weighted by Crippen LogP contribution is -2.37. The fourth-order valence-corrected chi connectivity index (χ4v) is 5.56. The highest BCUT2D eigenvalue weighted by molar-refractivity contribution is 9.10. The monoisotopic (exact) mass is 555 g/mol. The minimum Gasteiger partial charge on any atom is -0.475 e. The van der Waals surface area contributed by atoms with Gasteiger partial charge in [-0.15, -0.1) is 11.3 Å². The number of hydrogen-bond donors (Lipinski definition) is 3. The normalized spacial score (nSPS) is 18.8. The Labute approximate surface area is 197 Å². The van der Waals surface area contributed by atoms with Crippen molar-refractivity contribution in [3.63, 3.8) is 0 Å². The number of ether oxygens (including phenoxy) is 1. The maximum atomic E-state index is 10.6. The first-order valence-electron chi connectivity index (χ1n) is 9.26. The number of hydrogen-bond acceptors (Lipinski definition) is 7. The lowest BCUT2D eigenvalue weighted by atomic mass is 9.94. The smallest absolute Gasteiger partial charge is 0.475 e. The van der Waals surface area contributed by atoms with E-state index >= 15 is 0 Å². The van der Waals surface area contributed by atoms with Crippen LogP contribution >= 0.6 is 38.9 Å². The number of nitrogens with zero attached hydrogens (tertiary/aromatic N) is 1. The summed E-state index contributed by atoms with van der Waals surface area (Å²) in [5.41, 5.74) is 8.10. The third-order valence-corrected chi connectivity index (χ3v) is 7.19. The molecular weight excluding hydrogens is 539 g/mol. The second kappa shape index (κ2) is 10.4. The van der Waals surface area contributed by atoms with Crippen LogP contribution in [0.2, 0.25) is 5.15 Å². The van der Waals surface area contributed by atoms with Crippen LogP contribution in [0.15, 0.2) is 33.4 Å². The zero-order valence-electron chi connectivity index (χ0n) is 16.3. The van der Waals surface area contributed by atoms with Crippen molar-refractivity contribution < 1.29 is 32.2 Å². The molecule has 0 aliphatic carbocycles. The van der Waals surface area contributed by atoms with E-state index in [-0.39, 0.29) is 12.0 Å². The van der Waals surface area contributed by atoms with Crippen LogP contribution < -0.4 is 11.1 Å². The molecule has 1 fully saturated rings. The summed E-state index contributed by atoms with van der Waals surface area (Å²) in [4.78, 5) is 14.6. The first kappa shape index (κ1) is 24.8. The van der Waals surface area contributed by atoms with Crippen LogP contribution in [0.3, 0.4) is 0 Å². The molecule has 4 rings (SSSR count). The molecule has 3 aromatic heterocycles. The van der Waals surface area contributed by atoms with Gasteiger partial charge in [0.05, 0.1) is 39.8 Å². The highest BCUT2D eigenvalue weighted by atomic mass is 79.9. The van der Waals surface area contributed by atoms with Crippen LogP contribution in [0.4, 0.5) is 18.9 Å². The van der Waals surface area contributed by atoms with Crippen molar-refractivity contribution in [2.24, 2.45) is 5.73 Å². The van der Waals surface area contributed by atoms with Gasteiger partial charge in [-0.05, 0) is 34.5 Å². The molecule has 0 saturated carbocycles. The Morgan fingerprint density at radius 3 is 2.78 bits per heavy atom. The van der Waals surface area contributed by atoms with E-state index in [1.807, 2.05) is 18.2 Å². The number of aliphatic carboxylic acids is 1. The van der Waals surface area contributed by atoms with Gasteiger partial charge in [0.1, 0.15) is 10.9 Å². The van der Waals surface area contributed by atoms with Gasteiger partial charge >= 0.3 is 12.1 Å². The number of rotatable bonds is 4. The number of fused-ring (bicyclic) bond motifs is 1. The molecule has 0 spiro atoms. The maximum absolute atomic E-state index is 10.6. The summed E-state index contributed by atoms with van der Waals surface area (Å²) in [6.45, 7) is 1.91. The SMILES string of the molecule is N[C@@H]1COCC[C@H]1c1sc2c(NCc3ccco3)cc(Cl)nc2c1Br.O=C(O)C(F)(F)F. The van der Waals surface area contributed by atoms with E-state index < -0.39 is 12.1 Å². The molecule has 7 nitrogen and oxygen atoms in total. The van der Waals surface area contributed by atoms with Gasteiger partial charge in [0.25, 0.3) is 0 Å². The summed E-state index contributed by atoms with van der Waals surface area (Å²) < 4.78 is 44.7. The Kier molecular flexibility index (Phi) is 8.04. The Bertz CT molecular complexity index is 1080. The highest BCUT2D eigenvalue weighted by Gasteiger charge is 2.38. The number of nitrogens with one attached hydrogen (secondary N) is 1. The number of carboxylic acids is 1. The van der Waals surface area contributed by atoms with Crippen molar-refractivity contribution in [3.8, 4) is 0 Å². The van der Waals surface area contributed by atoms with E-state index in [1.165, 1.54) is 4.88 Å². The standard InChI is InChI=1S/C17H17BrClN3O2S.C2HF3O2/c18-14-15-17(25-16(14)10-3-5-23-8-11(10)20)12(6-13(19)22-15)21-7-9-2-1-4-24-9;3-2(4,5)1(6)7/h1-2,4,6,10-11H,3,5,7-8,20H2,(H,21,22);(H,6,7)/t10-,11-;/m1./s1. The van der Waals surface area contributed by atoms with Gasteiger partial charge in [0.2, 0.25) is 0 Å². The summed E-state index contributed by atoms with van der Waals surface area (Å²) >= 11 is 11.7. The molecule has 0 radical (unpaired) electrons. The molecule has 174 valence electrons. The second-order valence-corrected chi connectivity index (χ2v) is 9.05. The van der Waals surface area contributed by atoms with Crippen LogP contribution in [0.1, 0.15) is 23.0 Å². The molecule has 2 atom stereocenters. The van der Waals surface area contributed by atoms with Crippen molar-refractivity contribution in [3.05, 3.63) is 44.7 Å². The predicted octanol–water partition coefficient (Wildman–Crippen LogP) is 5.38. The van der Waals surface area contributed by atoms with E-state index in [0.29, 0.717) is 18.3 Å². The first-order chi connectivity index (χ1) is 15.1. The Morgan fingerprint density at radius 1 is 1.47 bits per heavy atom. The number of halogens is 5. The third-order valence-electron chi connectivity index (χ3n) is 4.59. The molecule has 1 saturated heterocycles. The van der Waals surface area contributed by atoms with Gasteiger partial charge in [0, 0.05) is 29.5 Å². The molecule has 4 N–H and O–H groups in total. The number of carboxylic acid groups (broad SMARTS) is 1. The zero-order valence-corrected chi connectivity index (χ0v) is 19.4. The largest absolute Gasteiger partial charge is 0.490 e. The van der Waals surface area contributed by atoms with Gasteiger partial charge in [-0.25, -0.2) is 9.78 Å². The van der Waals surface area contributed by atoms with Gasteiger partial charge < -0.3 is 25.3 Å². The summed E-state index contributed by atoms with van der Waals surface area (Å²) in [5, 5.41) is 11.0. The van der Waals surface area contributed by atoms with Crippen molar-refractivity contribution in [2.45, 2.75) is 31.1 Å². The quantitative estimate of drug-likeness (QED) is 0.370. The molecule has 13 heteroatoms. The van der Waals surface area contributed by atoms with Gasteiger partial charge in [0.15, 0.2) is 0 Å². The van der Waals surface area contributed by atoms with E-state index in [2.05, 4.69) is 26.2 Å². The summed E-state index contributed by atoms with van der Waals surface area (Å²) in [6.07, 6.45) is -2.51. The van der Waals surface area contributed by atoms with Crippen molar-refractivity contribution in [1.82, 2.24) is 4.98 Å². The Balaban J connectivity index is 0.000000360. The number of thiophene rings is 1. The van der Waals surface area contributed by atoms with Crippen LogP contribution in [-0.4, -0.2) is 41.5 Å². The molecule has 0 bridgehead atoms. The third kappa shape index (κ3) is 5.93. The van der Waals surface area contributed by atoms with Crippen molar-refractivity contribution in [1.29, 1.82) is 0 Å². The van der Waals surface area contributed by atoms with Gasteiger partial charge in [-0.1, -0.05) is 11.6 Å². The van der Waals surface area contributed by atoms with E-state index in [9.17, 15) is 13.2 Å². The minimum absolute atomic E-state index is 0.00638. The topological polar surface area (TPSA) is 111 Å². The molecule has 4 heterocycles. The number of furan rings is 1. The van der Waals surface area contributed by atoms with Crippen LogP contribution in [0.5, 0.6) is 0 Å². The molecule has 0 aromatic carbocycles. The van der Waals surface area contributed by atoms with Gasteiger partial charge in [-0.3, -0.25) is 0 Å². The summed E-state index contributed by atoms with van der Waals surface area (Å²) in [7, 11) is 0. The van der Waals surface area contributed by atoms with Crippen LogP contribution in [0.25, 0.3) is 10.2 Å². The highest BCUT2D eigenvalue weighted by Crippen LogP contribution is 2.45. The first-order valence-corrected chi connectivity index (χ1v) is 11.2. The minimum atomic E-state index is -5.08. The fourth-order valence-electron chi connectivity index (χ4n) is 3.08. The number of pyridine rings is 1. The number of nitrogens with two attached hydrogens (primary N) is 1. The Morgan fingerprint density at radius 2 is 2.19 bits per heavy atom. The number of anilines is 1. The maximum Gasteiger partial charge on any atom is 0.490 e. The van der Waals surface area contributed by atoms with E-state index in [4.69, 9.17) is 36.4 Å². The van der Waals surface area contributed by atoms with Crippen LogP contribution in [0, 0.1) is 0 Å². The van der Waals surface area contributed by atoms with E-state index in [1.54, 1.807) is 17.6 Å². The Hall–Kier alpha value is -1.86. The van der Waals surface area contributed by atoms with Gasteiger partial charge in [-0.2, -0.15) is 13.2 Å². The lowest BCUT2D eigenvalue weighted by molar-refractivity contribution is -0.192. The molecular formula is C19H18BrClF3N3O4S. The number of aromatic nitrogens is 1. The number of alkyl halides is 3. The van der Waals surface area contributed by atoms with Crippen LogP contribution in [-0.2, 0) is 16.1 Å². The fraction of sp³-hybridized carbons (Fsp3) is 0.368. The second-order valence-electron chi connectivity index (χ2n) is 6.82. The summed E-state index contributed by atoms with van der Waals surface area (Å²) in [6, 6.07) is 5.65. The molecule has 0 amide bonds. The average molecular weight is 557 g/mol. The molecule has 1 aliphatic heterocycles. The zero-order chi connectivity index (χ0) is 23.5. The molecule has 3 aromatic rings. The number of carbonyl (C=O) groups is 1. The van der Waals surface area contributed by atoms with E-state index in [0.717, 1.165) is 39.2 Å². The predicted molar refractivity (Wildman–Crippen MR) is 118 cm³/mol. The average Bonchev–Trinajstić information content (AvgIpc) is 3.35.